The summed E-state index contributed by atoms with van der Waals surface area (Å²) in [5.41, 5.74) is 0. The first-order valence-corrected chi connectivity index (χ1v) is 9.46. The third-order valence-corrected chi connectivity index (χ3v) is 6.98. The lowest BCUT2D eigenvalue weighted by molar-refractivity contribution is 0.220. The zero-order valence-electron chi connectivity index (χ0n) is 12.0. The molecule has 2 rings (SSSR count). The van der Waals surface area contributed by atoms with Gasteiger partial charge in [0.2, 0.25) is 10.0 Å². The van der Waals surface area contributed by atoms with Crippen molar-refractivity contribution in [3.8, 4) is 0 Å². The van der Waals surface area contributed by atoms with Crippen LogP contribution in [-0.4, -0.2) is 24.8 Å². The number of halogens is 1. The molecule has 0 spiro atoms. The second-order valence-corrected chi connectivity index (χ2v) is 8.32. The fraction of sp³-hybridized carbons (Fsp3) is 0.600. The smallest absolute Gasteiger partial charge is 0.207 e. The molecule has 0 radical (unpaired) electrons. The highest BCUT2D eigenvalue weighted by Crippen LogP contribution is 2.32. The van der Waals surface area contributed by atoms with Crippen molar-refractivity contribution in [1.29, 1.82) is 0 Å². The highest BCUT2D eigenvalue weighted by molar-refractivity contribution is 9.10. The van der Waals surface area contributed by atoms with E-state index < -0.39 is 10.0 Å². The Labute approximate surface area is 130 Å². The summed E-state index contributed by atoms with van der Waals surface area (Å²) in [6.45, 7) is 3.92. The summed E-state index contributed by atoms with van der Waals surface area (Å²) in [7, 11) is -3.44. The highest BCUT2D eigenvalue weighted by atomic mass is 79.9. The van der Waals surface area contributed by atoms with Crippen molar-refractivity contribution in [3.63, 3.8) is 0 Å². The number of hydrogen-bond acceptors (Lipinski definition) is 2. The number of rotatable bonds is 4. The maximum absolute atomic E-state index is 13.0. The molecule has 0 aromatic heterocycles. The predicted molar refractivity (Wildman–Crippen MR) is 85.2 cm³/mol. The highest BCUT2D eigenvalue weighted by Gasteiger charge is 2.35. The molecule has 1 aliphatic rings. The van der Waals surface area contributed by atoms with Gasteiger partial charge in [0.15, 0.2) is 0 Å². The topological polar surface area (TPSA) is 37.4 Å². The number of nitrogens with zero attached hydrogens (tertiary/aromatic N) is 1. The lowest BCUT2D eigenvalue weighted by Gasteiger charge is -2.36. The first-order valence-electron chi connectivity index (χ1n) is 7.22. The summed E-state index contributed by atoms with van der Waals surface area (Å²) >= 11 is 3.37. The van der Waals surface area contributed by atoms with E-state index in [0.717, 1.165) is 25.7 Å². The van der Waals surface area contributed by atoms with Gasteiger partial charge in [-0.15, -0.1) is 0 Å². The van der Waals surface area contributed by atoms with Crippen LogP contribution in [0.1, 0.15) is 46.0 Å². The van der Waals surface area contributed by atoms with E-state index >= 15 is 0 Å². The van der Waals surface area contributed by atoms with E-state index in [-0.39, 0.29) is 12.1 Å². The molecule has 0 amide bonds. The van der Waals surface area contributed by atoms with Crippen molar-refractivity contribution in [3.05, 3.63) is 28.7 Å². The minimum Gasteiger partial charge on any atom is -0.207 e. The largest absolute Gasteiger partial charge is 0.244 e. The Morgan fingerprint density at radius 3 is 2.30 bits per heavy atom. The summed E-state index contributed by atoms with van der Waals surface area (Å²) in [4.78, 5) is 0.374. The summed E-state index contributed by atoms with van der Waals surface area (Å²) < 4.78 is 28.3. The summed E-state index contributed by atoms with van der Waals surface area (Å²) in [5, 5.41) is 0. The van der Waals surface area contributed by atoms with Crippen LogP contribution in [0.15, 0.2) is 33.6 Å². The van der Waals surface area contributed by atoms with Gasteiger partial charge < -0.3 is 0 Å². The van der Waals surface area contributed by atoms with Crippen LogP contribution in [0, 0.1) is 0 Å². The number of hydrogen-bond donors (Lipinski definition) is 0. The fourth-order valence-electron chi connectivity index (χ4n) is 3.00. The molecule has 0 N–H and O–H groups in total. The normalized spacial score (nSPS) is 17.9. The van der Waals surface area contributed by atoms with Gasteiger partial charge in [0.05, 0.1) is 4.90 Å². The van der Waals surface area contributed by atoms with E-state index in [1.807, 2.05) is 19.9 Å². The van der Waals surface area contributed by atoms with Crippen LogP contribution in [0.4, 0.5) is 0 Å². The summed E-state index contributed by atoms with van der Waals surface area (Å²) in [5.74, 6) is 0. The van der Waals surface area contributed by atoms with E-state index in [0.29, 0.717) is 9.37 Å². The van der Waals surface area contributed by atoms with Crippen molar-refractivity contribution in [2.75, 3.05) is 0 Å². The van der Waals surface area contributed by atoms with Crippen molar-refractivity contribution in [2.45, 2.75) is 62.9 Å². The monoisotopic (exact) mass is 359 g/mol. The van der Waals surface area contributed by atoms with Crippen molar-refractivity contribution >= 4 is 26.0 Å². The molecule has 1 aliphatic carbocycles. The SMILES string of the molecule is CC(C)N(C1CCCCC1)S(=O)(=O)c1ccccc1Br. The minimum absolute atomic E-state index is 0.0183. The van der Waals surface area contributed by atoms with E-state index in [1.54, 1.807) is 22.5 Å². The molecule has 0 saturated heterocycles. The second kappa shape index (κ2) is 6.58. The lowest BCUT2D eigenvalue weighted by atomic mass is 9.95. The van der Waals surface area contributed by atoms with Crippen LogP contribution in [0.3, 0.4) is 0 Å². The molecular formula is C15H22BrNO2S. The van der Waals surface area contributed by atoms with Crippen LogP contribution < -0.4 is 0 Å². The van der Waals surface area contributed by atoms with E-state index in [9.17, 15) is 8.42 Å². The molecule has 20 heavy (non-hydrogen) atoms. The van der Waals surface area contributed by atoms with Gasteiger partial charge >= 0.3 is 0 Å². The molecule has 1 fully saturated rings. The molecule has 0 aliphatic heterocycles. The Hall–Kier alpha value is -0.390. The van der Waals surface area contributed by atoms with Gasteiger partial charge in [-0.05, 0) is 54.8 Å². The standard InChI is InChI=1S/C15H22BrNO2S/c1-12(2)17(13-8-4-3-5-9-13)20(18,19)15-11-7-6-10-14(15)16/h6-7,10-13H,3-5,8-9H2,1-2H3. The Morgan fingerprint density at radius 2 is 1.75 bits per heavy atom. The van der Waals surface area contributed by atoms with Gasteiger partial charge in [-0.2, -0.15) is 4.31 Å². The average Bonchev–Trinajstić information content (AvgIpc) is 2.39. The molecule has 1 saturated carbocycles. The number of benzene rings is 1. The molecule has 3 nitrogen and oxygen atoms in total. The third-order valence-electron chi connectivity index (χ3n) is 3.84. The average molecular weight is 360 g/mol. The first-order chi connectivity index (χ1) is 9.44. The van der Waals surface area contributed by atoms with Gasteiger partial charge in [0.25, 0.3) is 0 Å². The minimum atomic E-state index is -3.44. The van der Waals surface area contributed by atoms with E-state index in [2.05, 4.69) is 15.9 Å². The first kappa shape index (κ1) is 16.0. The van der Waals surface area contributed by atoms with Crippen LogP contribution in [0.5, 0.6) is 0 Å². The van der Waals surface area contributed by atoms with Gasteiger partial charge in [-0.3, -0.25) is 0 Å². The molecule has 0 atom stereocenters. The maximum atomic E-state index is 13.0. The predicted octanol–water partition coefficient (Wildman–Crippen LogP) is 4.18. The molecular weight excluding hydrogens is 338 g/mol. The van der Waals surface area contributed by atoms with Crippen molar-refractivity contribution < 1.29 is 8.42 Å². The third kappa shape index (κ3) is 3.26. The second-order valence-electron chi connectivity index (χ2n) is 5.65. The van der Waals surface area contributed by atoms with Gasteiger partial charge in [-0.1, -0.05) is 31.4 Å². The molecule has 0 unspecified atom stereocenters. The lowest BCUT2D eigenvalue weighted by Crippen LogP contribution is -2.45. The Balaban J connectivity index is 2.40. The Morgan fingerprint density at radius 1 is 1.15 bits per heavy atom. The number of sulfonamides is 1. The zero-order chi connectivity index (χ0) is 14.8. The fourth-order valence-corrected chi connectivity index (χ4v) is 5.85. The maximum Gasteiger partial charge on any atom is 0.244 e. The van der Waals surface area contributed by atoms with Gasteiger partial charge in [0.1, 0.15) is 0 Å². The molecule has 0 heterocycles. The quantitative estimate of drug-likeness (QED) is 0.808. The Kier molecular flexibility index (Phi) is 5.26. The van der Waals surface area contributed by atoms with Crippen LogP contribution in [0.25, 0.3) is 0 Å². The molecule has 1 aromatic rings. The van der Waals surface area contributed by atoms with Crippen LogP contribution in [0.2, 0.25) is 0 Å². The summed E-state index contributed by atoms with van der Waals surface area (Å²) in [6, 6.07) is 7.20. The molecule has 0 bridgehead atoms. The van der Waals surface area contributed by atoms with Gasteiger partial charge in [-0.25, -0.2) is 8.42 Å². The van der Waals surface area contributed by atoms with Crippen molar-refractivity contribution in [1.82, 2.24) is 4.31 Å². The summed E-state index contributed by atoms with van der Waals surface area (Å²) in [6.07, 6.45) is 5.42. The molecule has 1 aromatic carbocycles. The molecule has 5 heteroatoms. The zero-order valence-corrected chi connectivity index (χ0v) is 14.5. The molecule has 112 valence electrons. The van der Waals surface area contributed by atoms with Gasteiger partial charge in [0, 0.05) is 16.6 Å². The Bertz CT molecular complexity index is 551. The van der Waals surface area contributed by atoms with Crippen LogP contribution in [-0.2, 0) is 10.0 Å². The van der Waals surface area contributed by atoms with Crippen LogP contribution >= 0.6 is 15.9 Å². The van der Waals surface area contributed by atoms with E-state index in [4.69, 9.17) is 0 Å². The van der Waals surface area contributed by atoms with E-state index in [1.165, 1.54) is 6.42 Å². The van der Waals surface area contributed by atoms with Crippen molar-refractivity contribution in [2.24, 2.45) is 0 Å².